The van der Waals surface area contributed by atoms with E-state index in [1.54, 1.807) is 0 Å². The zero-order valence-electron chi connectivity index (χ0n) is 16.9. The number of fused-ring (bicyclic) bond motifs is 5. The number of aryl methyl sites for hydroxylation is 2. The summed E-state index contributed by atoms with van der Waals surface area (Å²) in [6.45, 7) is 4.51. The lowest BCUT2D eigenvalue weighted by molar-refractivity contribution is 0.0298. The molecule has 0 radical (unpaired) electrons. The largest absolute Gasteiger partial charge is 0.380 e. The zero-order valence-corrected chi connectivity index (χ0v) is 17.7. The highest BCUT2D eigenvalue weighted by molar-refractivity contribution is 7.84. The molecule has 0 spiro atoms. The van der Waals surface area contributed by atoms with Crippen molar-refractivity contribution in [1.82, 2.24) is 0 Å². The number of hydrogen-bond donors (Lipinski definition) is 1. The molecular weight excluding hydrogens is 370 g/mol. The van der Waals surface area contributed by atoms with Gasteiger partial charge in [-0.3, -0.25) is 0 Å². The molecule has 4 nitrogen and oxygen atoms in total. The van der Waals surface area contributed by atoms with Gasteiger partial charge in [-0.1, -0.05) is 19.9 Å². The normalized spacial score (nSPS) is 34.1. The lowest BCUT2D eigenvalue weighted by atomic mass is 9.54. The van der Waals surface area contributed by atoms with Crippen molar-refractivity contribution in [2.45, 2.75) is 71.1 Å². The van der Waals surface area contributed by atoms with E-state index in [9.17, 15) is 8.42 Å². The number of terminal acetylenes is 1. The molecule has 2 saturated carbocycles. The molecule has 28 heavy (non-hydrogen) atoms. The Hall–Kier alpha value is -1.51. The predicted octanol–water partition coefficient (Wildman–Crippen LogP) is 4.33. The Labute approximate surface area is 169 Å². The summed E-state index contributed by atoms with van der Waals surface area (Å²) in [6.07, 6.45) is 14.4. The Morgan fingerprint density at radius 3 is 2.75 bits per heavy atom. The molecule has 1 aromatic carbocycles. The van der Waals surface area contributed by atoms with Gasteiger partial charge < -0.3 is 4.18 Å². The van der Waals surface area contributed by atoms with E-state index in [1.165, 1.54) is 43.2 Å². The maximum absolute atomic E-state index is 11.5. The van der Waals surface area contributed by atoms with Crippen LogP contribution < -0.4 is 9.32 Å². The van der Waals surface area contributed by atoms with E-state index in [4.69, 9.17) is 15.7 Å². The first-order valence-electron chi connectivity index (χ1n) is 10.6. The first-order chi connectivity index (χ1) is 13.3. The fraction of sp³-hybridized carbons (Fsp3) is 0.652. The quantitative estimate of drug-likeness (QED) is 0.764. The van der Waals surface area contributed by atoms with Crippen molar-refractivity contribution in [1.29, 1.82) is 0 Å². The Morgan fingerprint density at radius 2 is 2.07 bits per heavy atom. The van der Waals surface area contributed by atoms with Gasteiger partial charge in [0, 0.05) is 6.42 Å². The van der Waals surface area contributed by atoms with Gasteiger partial charge in [0.15, 0.2) is 0 Å². The van der Waals surface area contributed by atoms with Crippen LogP contribution in [-0.4, -0.2) is 8.42 Å². The molecule has 0 bridgehead atoms. The third kappa shape index (κ3) is 3.25. The number of hydrogen-bond acceptors (Lipinski definition) is 3. The van der Waals surface area contributed by atoms with Crippen LogP contribution in [0.1, 0.15) is 75.0 Å². The SMILES string of the molecule is C#CC[C@H]1CCC2C3CCc4cc(OS(N)(=O)=O)c(CC)cc4C3CC[C@@]21C. The van der Waals surface area contributed by atoms with Gasteiger partial charge in [-0.05, 0) is 96.8 Å². The molecular formula is C23H31NO3S. The van der Waals surface area contributed by atoms with Crippen LogP contribution in [0.5, 0.6) is 5.75 Å². The van der Waals surface area contributed by atoms with Gasteiger partial charge in [0.1, 0.15) is 5.75 Å². The van der Waals surface area contributed by atoms with Crippen LogP contribution in [0, 0.1) is 35.5 Å². The highest BCUT2D eigenvalue weighted by Crippen LogP contribution is 2.63. The molecule has 3 unspecified atom stereocenters. The minimum atomic E-state index is -4.01. The fourth-order valence-electron chi connectivity index (χ4n) is 6.71. The smallest absolute Gasteiger partial charge is 0.371 e. The first-order valence-corrected chi connectivity index (χ1v) is 12.0. The van der Waals surface area contributed by atoms with Gasteiger partial charge in [0.25, 0.3) is 0 Å². The third-order valence-corrected chi connectivity index (χ3v) is 8.47. The highest BCUT2D eigenvalue weighted by Gasteiger charge is 2.54. The van der Waals surface area contributed by atoms with Crippen molar-refractivity contribution in [3.8, 4) is 18.1 Å². The Bertz CT molecular complexity index is 917. The minimum Gasteiger partial charge on any atom is -0.371 e. The van der Waals surface area contributed by atoms with Crippen molar-refractivity contribution in [2.75, 3.05) is 0 Å². The maximum atomic E-state index is 11.5. The standard InChI is InChI=1S/C23H31NO3S/c1-4-6-17-8-10-21-19-9-7-16-14-22(27-28(24,25)26)15(5-2)13-20(16)18(19)11-12-23(17,21)3/h1,13-14,17-19,21H,5-12H2,2-3H3,(H2,24,25,26)/t17-,18?,19?,21?,23+/m0/s1. The predicted molar refractivity (Wildman–Crippen MR) is 111 cm³/mol. The molecule has 152 valence electrons. The van der Waals surface area contributed by atoms with Gasteiger partial charge in [0.2, 0.25) is 0 Å². The van der Waals surface area contributed by atoms with E-state index in [2.05, 4.69) is 18.9 Å². The van der Waals surface area contributed by atoms with Crippen LogP contribution in [0.15, 0.2) is 12.1 Å². The summed E-state index contributed by atoms with van der Waals surface area (Å²) >= 11 is 0. The molecule has 5 heteroatoms. The lowest BCUT2D eigenvalue weighted by Gasteiger charge is -2.51. The first kappa shape index (κ1) is 19.8. The molecule has 0 amide bonds. The number of benzene rings is 1. The van der Waals surface area contributed by atoms with Crippen LogP contribution in [0.25, 0.3) is 0 Å². The van der Waals surface area contributed by atoms with Crippen LogP contribution in [0.4, 0.5) is 0 Å². The summed E-state index contributed by atoms with van der Waals surface area (Å²) in [7, 11) is -4.01. The molecule has 0 aliphatic heterocycles. The molecule has 2 fully saturated rings. The average Bonchev–Trinajstić information content (AvgIpc) is 2.96. The van der Waals surface area contributed by atoms with Crippen LogP contribution in [0.3, 0.4) is 0 Å². The summed E-state index contributed by atoms with van der Waals surface area (Å²) in [5.74, 6) is 6.03. The summed E-state index contributed by atoms with van der Waals surface area (Å²) in [6, 6.07) is 4.13. The lowest BCUT2D eigenvalue weighted by Crippen LogP contribution is -2.42. The Kier molecular flexibility index (Phi) is 5.00. The monoisotopic (exact) mass is 401 g/mol. The van der Waals surface area contributed by atoms with E-state index in [0.29, 0.717) is 28.9 Å². The van der Waals surface area contributed by atoms with Crippen molar-refractivity contribution >= 4 is 10.3 Å². The summed E-state index contributed by atoms with van der Waals surface area (Å²) in [5.41, 5.74) is 3.96. The molecule has 0 saturated heterocycles. The van der Waals surface area contributed by atoms with Gasteiger partial charge in [-0.2, -0.15) is 13.6 Å². The van der Waals surface area contributed by atoms with Gasteiger partial charge in [-0.25, -0.2) is 0 Å². The van der Waals surface area contributed by atoms with Crippen molar-refractivity contribution in [2.24, 2.45) is 28.3 Å². The molecule has 0 heterocycles. The second kappa shape index (κ2) is 7.07. The van der Waals surface area contributed by atoms with Crippen LogP contribution in [0.2, 0.25) is 0 Å². The van der Waals surface area contributed by atoms with E-state index >= 15 is 0 Å². The van der Waals surface area contributed by atoms with Crippen molar-refractivity contribution in [3.63, 3.8) is 0 Å². The average molecular weight is 402 g/mol. The molecule has 3 aliphatic rings. The van der Waals surface area contributed by atoms with Gasteiger partial charge >= 0.3 is 10.3 Å². The molecule has 1 aromatic rings. The van der Waals surface area contributed by atoms with E-state index < -0.39 is 10.3 Å². The van der Waals surface area contributed by atoms with E-state index in [-0.39, 0.29) is 0 Å². The van der Waals surface area contributed by atoms with Gasteiger partial charge in [-0.15, -0.1) is 12.3 Å². The number of rotatable bonds is 4. The molecule has 0 aromatic heterocycles. The molecule has 5 atom stereocenters. The Balaban J connectivity index is 1.67. The van der Waals surface area contributed by atoms with Crippen molar-refractivity contribution < 1.29 is 12.6 Å². The minimum absolute atomic E-state index is 0.384. The fourth-order valence-corrected chi connectivity index (χ4v) is 7.12. The summed E-state index contributed by atoms with van der Waals surface area (Å²) in [4.78, 5) is 0. The van der Waals surface area contributed by atoms with E-state index in [0.717, 1.165) is 30.7 Å². The third-order valence-electron chi connectivity index (χ3n) is 8.05. The van der Waals surface area contributed by atoms with Gasteiger partial charge in [0.05, 0.1) is 0 Å². The molecule has 2 N–H and O–H groups in total. The maximum Gasteiger partial charge on any atom is 0.380 e. The summed E-state index contributed by atoms with van der Waals surface area (Å²) in [5, 5.41) is 5.12. The second-order valence-corrected chi connectivity index (χ2v) is 10.4. The summed E-state index contributed by atoms with van der Waals surface area (Å²) < 4.78 is 28.0. The molecule has 3 aliphatic carbocycles. The van der Waals surface area contributed by atoms with E-state index in [1.807, 2.05) is 13.0 Å². The second-order valence-electron chi connectivity index (χ2n) is 9.23. The zero-order chi connectivity index (χ0) is 20.1. The van der Waals surface area contributed by atoms with Crippen LogP contribution in [-0.2, 0) is 23.1 Å². The highest BCUT2D eigenvalue weighted by atomic mass is 32.2. The Morgan fingerprint density at radius 1 is 1.29 bits per heavy atom. The topological polar surface area (TPSA) is 69.4 Å². The van der Waals surface area contributed by atoms with Crippen molar-refractivity contribution in [3.05, 3.63) is 28.8 Å². The van der Waals surface area contributed by atoms with Crippen LogP contribution >= 0.6 is 0 Å². The molecule has 4 rings (SSSR count). The number of nitrogens with two attached hydrogens (primary N) is 1.